The molecule has 3 aromatic rings. The molecule has 4 rings (SSSR count). The fraction of sp³-hybridized carbons (Fsp3) is 0.227. The second-order valence-corrected chi connectivity index (χ2v) is 8.07. The van der Waals surface area contributed by atoms with Crippen LogP contribution in [0.1, 0.15) is 24.3 Å². The number of piperidine rings is 1. The van der Waals surface area contributed by atoms with Gasteiger partial charge in [-0.3, -0.25) is 4.79 Å². The van der Waals surface area contributed by atoms with Crippen molar-refractivity contribution in [2.24, 2.45) is 0 Å². The predicted molar refractivity (Wildman–Crippen MR) is 118 cm³/mol. The first kappa shape index (κ1) is 21.5. The highest BCUT2D eigenvalue weighted by atomic mass is 35.5. The van der Waals surface area contributed by atoms with Crippen molar-refractivity contribution in [3.05, 3.63) is 70.5 Å². The van der Waals surface area contributed by atoms with E-state index < -0.39 is 11.6 Å². The molecule has 1 aromatic heterocycles. The summed E-state index contributed by atoms with van der Waals surface area (Å²) in [5.41, 5.74) is 0.913. The first-order valence-electron chi connectivity index (χ1n) is 9.65. The molecule has 0 bridgehead atoms. The van der Waals surface area contributed by atoms with E-state index in [0.717, 1.165) is 12.8 Å². The summed E-state index contributed by atoms with van der Waals surface area (Å²) in [6.07, 6.45) is 4.03. The highest BCUT2D eigenvalue weighted by Crippen LogP contribution is 2.35. The molecule has 31 heavy (non-hydrogen) atoms. The van der Waals surface area contributed by atoms with Gasteiger partial charge in [-0.05, 0) is 42.7 Å². The molecule has 2 heterocycles. The second kappa shape index (κ2) is 8.77. The summed E-state index contributed by atoms with van der Waals surface area (Å²) >= 11 is 11.7. The van der Waals surface area contributed by atoms with Crippen molar-refractivity contribution in [2.75, 3.05) is 18.4 Å². The van der Waals surface area contributed by atoms with Gasteiger partial charge in [-0.2, -0.15) is 0 Å². The molecule has 1 amide bonds. The van der Waals surface area contributed by atoms with Gasteiger partial charge >= 0.3 is 0 Å². The average Bonchev–Trinajstić information content (AvgIpc) is 2.78. The van der Waals surface area contributed by atoms with E-state index in [2.05, 4.69) is 21.9 Å². The minimum Gasteiger partial charge on any atom is -0.339 e. The Hall–Kier alpha value is -2.77. The number of nitrogens with one attached hydrogen (secondary N) is 1. The fourth-order valence-electron chi connectivity index (χ4n) is 3.82. The lowest BCUT2D eigenvalue weighted by Gasteiger charge is -2.32. The summed E-state index contributed by atoms with van der Waals surface area (Å²) < 4.78 is 29.4. The highest BCUT2D eigenvalue weighted by molar-refractivity contribution is 6.42. The van der Waals surface area contributed by atoms with E-state index in [9.17, 15) is 13.6 Å². The molecule has 0 radical (unpaired) electrons. The molecule has 1 unspecified atom stereocenters. The molecular weight excluding hydrogens is 445 g/mol. The van der Waals surface area contributed by atoms with E-state index in [0.29, 0.717) is 35.4 Å². The van der Waals surface area contributed by atoms with Gasteiger partial charge in [-0.15, -0.1) is 0 Å². The van der Waals surface area contributed by atoms with Crippen molar-refractivity contribution in [3.8, 4) is 0 Å². The van der Waals surface area contributed by atoms with Crippen molar-refractivity contribution in [1.82, 2.24) is 14.9 Å². The topological polar surface area (TPSA) is 58.1 Å². The van der Waals surface area contributed by atoms with E-state index >= 15 is 0 Å². The van der Waals surface area contributed by atoms with Crippen molar-refractivity contribution in [1.29, 1.82) is 0 Å². The van der Waals surface area contributed by atoms with Crippen LogP contribution >= 0.6 is 23.2 Å². The van der Waals surface area contributed by atoms with Crippen LogP contribution in [0.25, 0.3) is 10.9 Å². The molecule has 1 saturated heterocycles. The third kappa shape index (κ3) is 4.20. The zero-order chi connectivity index (χ0) is 22.1. The molecule has 1 N–H and O–H groups in total. The van der Waals surface area contributed by atoms with Crippen molar-refractivity contribution in [2.45, 2.75) is 18.8 Å². The van der Waals surface area contributed by atoms with E-state index in [1.54, 1.807) is 11.0 Å². The molecule has 1 atom stereocenters. The highest BCUT2D eigenvalue weighted by Gasteiger charge is 2.26. The summed E-state index contributed by atoms with van der Waals surface area (Å²) in [4.78, 5) is 22.0. The fourth-order valence-corrected chi connectivity index (χ4v) is 4.13. The van der Waals surface area contributed by atoms with Gasteiger partial charge in [0, 0.05) is 30.5 Å². The van der Waals surface area contributed by atoms with Crippen LogP contribution in [0, 0.1) is 11.6 Å². The number of benzene rings is 2. The number of rotatable bonds is 4. The van der Waals surface area contributed by atoms with Gasteiger partial charge in [-0.1, -0.05) is 29.8 Å². The molecule has 1 aliphatic heterocycles. The van der Waals surface area contributed by atoms with Crippen molar-refractivity contribution >= 4 is 51.5 Å². The first-order chi connectivity index (χ1) is 14.9. The Labute approximate surface area is 187 Å². The minimum atomic E-state index is -0.714. The minimum absolute atomic E-state index is 0.0840. The van der Waals surface area contributed by atoms with Gasteiger partial charge in [0.15, 0.2) is 5.82 Å². The van der Waals surface area contributed by atoms with Crippen LogP contribution < -0.4 is 5.32 Å². The lowest BCUT2D eigenvalue weighted by atomic mass is 9.89. The quantitative estimate of drug-likeness (QED) is 0.390. The van der Waals surface area contributed by atoms with Gasteiger partial charge in [0.25, 0.3) is 0 Å². The molecule has 0 spiro atoms. The number of carbonyl (C=O) groups excluding carboxylic acids is 1. The van der Waals surface area contributed by atoms with Gasteiger partial charge in [-0.25, -0.2) is 18.7 Å². The molecule has 0 saturated carbocycles. The Kier molecular flexibility index (Phi) is 6.07. The number of nitrogens with zero attached hydrogens (tertiary/aromatic N) is 3. The van der Waals surface area contributed by atoms with Crippen LogP contribution in [0.15, 0.2) is 43.2 Å². The lowest BCUT2D eigenvalue weighted by molar-refractivity contribution is -0.127. The molecule has 9 heteroatoms. The Morgan fingerprint density at radius 1 is 1.26 bits per heavy atom. The summed E-state index contributed by atoms with van der Waals surface area (Å²) in [6, 6.07) is 5.91. The molecular formula is C22H18Cl2F2N4O. The smallest absolute Gasteiger partial charge is 0.245 e. The predicted octanol–water partition coefficient (Wildman–Crippen LogP) is 5.85. The van der Waals surface area contributed by atoms with Gasteiger partial charge in [0.05, 0.1) is 21.2 Å². The largest absolute Gasteiger partial charge is 0.339 e. The third-order valence-electron chi connectivity index (χ3n) is 5.39. The number of amides is 1. The number of hydrogen-bond acceptors (Lipinski definition) is 4. The zero-order valence-electron chi connectivity index (χ0n) is 16.3. The van der Waals surface area contributed by atoms with Gasteiger partial charge in [0.2, 0.25) is 5.91 Å². The maximum absolute atomic E-state index is 14.9. The molecule has 2 aromatic carbocycles. The number of aromatic nitrogens is 2. The van der Waals surface area contributed by atoms with Crippen LogP contribution in [0.3, 0.4) is 0 Å². The summed E-state index contributed by atoms with van der Waals surface area (Å²) in [5.74, 6) is -1.17. The summed E-state index contributed by atoms with van der Waals surface area (Å²) in [6.45, 7) is 4.53. The van der Waals surface area contributed by atoms with Crippen LogP contribution in [-0.4, -0.2) is 33.9 Å². The average molecular weight is 463 g/mol. The Morgan fingerprint density at radius 3 is 2.84 bits per heavy atom. The number of fused-ring (bicyclic) bond motifs is 1. The van der Waals surface area contributed by atoms with Crippen molar-refractivity contribution in [3.63, 3.8) is 0 Å². The number of anilines is 2. The standard InChI is InChI=1S/C22H18Cl2F2N4O/c1-2-19(31)30-7-3-4-12(10-30)13-8-14-18(9-16(13)25)27-11-28-22(14)29-17-6-5-15(23)20(24)21(17)26/h2,5-6,8-9,11-12H,1,3-4,7,10H2,(H,27,28,29). The lowest BCUT2D eigenvalue weighted by Crippen LogP contribution is -2.38. The number of hydrogen-bond donors (Lipinski definition) is 1. The summed E-state index contributed by atoms with van der Waals surface area (Å²) in [7, 11) is 0. The van der Waals surface area contributed by atoms with Crippen LogP contribution in [0.4, 0.5) is 20.3 Å². The molecule has 5 nitrogen and oxygen atoms in total. The van der Waals surface area contributed by atoms with Crippen LogP contribution in [-0.2, 0) is 4.79 Å². The number of carbonyl (C=O) groups is 1. The number of halogens is 4. The van der Waals surface area contributed by atoms with E-state index in [1.807, 2.05) is 0 Å². The SMILES string of the molecule is C=CC(=O)N1CCCC(c2cc3c(Nc4ccc(Cl)c(Cl)c4F)ncnc3cc2F)C1. The Balaban J connectivity index is 1.73. The maximum atomic E-state index is 14.9. The van der Waals surface area contributed by atoms with E-state index in [-0.39, 0.29) is 27.6 Å². The molecule has 1 fully saturated rings. The zero-order valence-corrected chi connectivity index (χ0v) is 17.9. The Bertz CT molecular complexity index is 1190. The molecule has 0 aliphatic carbocycles. The summed E-state index contributed by atoms with van der Waals surface area (Å²) in [5, 5.41) is 3.32. The van der Waals surface area contributed by atoms with Gasteiger partial charge in [0.1, 0.15) is 18.0 Å². The van der Waals surface area contributed by atoms with Crippen molar-refractivity contribution < 1.29 is 13.6 Å². The number of likely N-dealkylation sites (tertiary alicyclic amines) is 1. The van der Waals surface area contributed by atoms with Gasteiger partial charge < -0.3 is 10.2 Å². The van der Waals surface area contributed by atoms with Crippen LogP contribution in [0.2, 0.25) is 10.0 Å². The third-order valence-corrected chi connectivity index (χ3v) is 6.17. The molecule has 1 aliphatic rings. The molecule has 160 valence electrons. The maximum Gasteiger partial charge on any atom is 0.245 e. The van der Waals surface area contributed by atoms with Crippen LogP contribution in [0.5, 0.6) is 0 Å². The first-order valence-corrected chi connectivity index (χ1v) is 10.4. The van der Waals surface area contributed by atoms with E-state index in [1.165, 1.54) is 30.6 Å². The Morgan fingerprint density at radius 2 is 2.06 bits per heavy atom. The second-order valence-electron chi connectivity index (χ2n) is 7.29. The monoisotopic (exact) mass is 462 g/mol. The van der Waals surface area contributed by atoms with E-state index in [4.69, 9.17) is 23.2 Å². The normalized spacial score (nSPS) is 16.4.